The maximum Gasteiger partial charge on any atom is -0.0209 e. The first-order chi connectivity index (χ1) is 5.13. The fraction of sp³-hybridized carbons (Fsp3) is 0.818. The van der Waals surface area contributed by atoms with Crippen molar-refractivity contribution in [3.63, 3.8) is 0 Å². The van der Waals surface area contributed by atoms with Crippen LogP contribution in [-0.4, -0.2) is 0 Å². The van der Waals surface area contributed by atoms with Gasteiger partial charge >= 0.3 is 0 Å². The fourth-order valence-corrected chi connectivity index (χ4v) is 1.31. The number of rotatable bonds is 4. The van der Waals surface area contributed by atoms with Gasteiger partial charge in [0.2, 0.25) is 0 Å². The van der Waals surface area contributed by atoms with E-state index in [0.717, 1.165) is 11.8 Å². The van der Waals surface area contributed by atoms with Crippen molar-refractivity contribution in [1.82, 2.24) is 0 Å². The molecule has 11 heavy (non-hydrogen) atoms. The van der Waals surface area contributed by atoms with Gasteiger partial charge in [-0.1, -0.05) is 45.8 Å². The molecule has 0 aromatic carbocycles. The lowest BCUT2D eigenvalue weighted by Crippen LogP contribution is -2.07. The van der Waals surface area contributed by atoms with Crippen molar-refractivity contribution < 1.29 is 0 Å². The number of hydrogen-bond donors (Lipinski definition) is 0. The highest BCUT2D eigenvalue weighted by molar-refractivity contribution is 5.02. The molecular weight excluding hydrogens is 132 g/mol. The highest BCUT2D eigenvalue weighted by Gasteiger charge is 2.10. The molecule has 0 amide bonds. The van der Waals surface area contributed by atoms with Crippen molar-refractivity contribution in [2.24, 2.45) is 11.8 Å². The van der Waals surface area contributed by atoms with Crippen LogP contribution in [0.25, 0.3) is 0 Å². The van der Waals surface area contributed by atoms with E-state index in [2.05, 4.69) is 40.7 Å². The molecule has 2 atom stereocenters. The molecule has 0 rings (SSSR count). The molecule has 0 saturated heterocycles. The van der Waals surface area contributed by atoms with Gasteiger partial charge in [-0.2, -0.15) is 0 Å². The normalized spacial score (nSPS) is 18.1. The lowest BCUT2D eigenvalue weighted by Gasteiger charge is -2.18. The summed E-state index contributed by atoms with van der Waals surface area (Å²) < 4.78 is 0. The highest BCUT2D eigenvalue weighted by Crippen LogP contribution is 2.22. The molecule has 2 unspecified atom stereocenters. The van der Waals surface area contributed by atoms with Crippen LogP contribution in [0.5, 0.6) is 0 Å². The Hall–Kier alpha value is -0.260. The average molecular weight is 154 g/mol. The summed E-state index contributed by atoms with van der Waals surface area (Å²) in [6.45, 7) is 11.4. The quantitative estimate of drug-likeness (QED) is 0.536. The Morgan fingerprint density at radius 3 is 2.18 bits per heavy atom. The Labute approximate surface area is 71.7 Å². The molecular formula is C11H22. The number of allylic oxidation sites excluding steroid dienone is 2. The third kappa shape index (κ3) is 3.60. The van der Waals surface area contributed by atoms with Gasteiger partial charge in [-0.05, 0) is 25.2 Å². The van der Waals surface area contributed by atoms with Crippen molar-refractivity contribution in [2.45, 2.75) is 47.5 Å². The third-order valence-corrected chi connectivity index (χ3v) is 2.74. The molecule has 0 aliphatic heterocycles. The van der Waals surface area contributed by atoms with Gasteiger partial charge in [0.15, 0.2) is 0 Å². The molecule has 0 bridgehead atoms. The van der Waals surface area contributed by atoms with Crippen molar-refractivity contribution in [3.8, 4) is 0 Å². The Morgan fingerprint density at radius 1 is 1.27 bits per heavy atom. The largest absolute Gasteiger partial charge is 0.0856 e. The first kappa shape index (κ1) is 10.7. The van der Waals surface area contributed by atoms with Gasteiger partial charge in [0.1, 0.15) is 0 Å². The Bertz CT molecular complexity index is 122. The van der Waals surface area contributed by atoms with E-state index in [1.165, 1.54) is 12.8 Å². The topological polar surface area (TPSA) is 0 Å². The van der Waals surface area contributed by atoms with E-state index in [4.69, 9.17) is 0 Å². The average Bonchev–Trinajstić information content (AvgIpc) is 2.02. The van der Waals surface area contributed by atoms with Crippen LogP contribution >= 0.6 is 0 Å². The van der Waals surface area contributed by atoms with E-state index in [1.54, 1.807) is 5.57 Å². The molecule has 0 heterocycles. The zero-order valence-corrected chi connectivity index (χ0v) is 8.65. The number of hydrogen-bond acceptors (Lipinski definition) is 0. The van der Waals surface area contributed by atoms with E-state index >= 15 is 0 Å². The molecule has 0 N–H and O–H groups in total. The second-order valence-corrected chi connectivity index (χ2v) is 3.53. The molecule has 0 nitrogen and oxygen atoms in total. The minimum absolute atomic E-state index is 0.764. The van der Waals surface area contributed by atoms with Crippen LogP contribution < -0.4 is 0 Å². The van der Waals surface area contributed by atoms with Crippen molar-refractivity contribution >= 4 is 0 Å². The first-order valence-corrected chi connectivity index (χ1v) is 4.80. The van der Waals surface area contributed by atoms with Crippen LogP contribution in [0, 0.1) is 11.8 Å². The minimum Gasteiger partial charge on any atom is -0.0856 e. The van der Waals surface area contributed by atoms with Crippen LogP contribution in [0.15, 0.2) is 11.6 Å². The molecule has 0 fully saturated rings. The van der Waals surface area contributed by atoms with E-state index in [-0.39, 0.29) is 0 Å². The summed E-state index contributed by atoms with van der Waals surface area (Å²) in [6, 6.07) is 0. The highest BCUT2D eigenvalue weighted by atomic mass is 14.2. The van der Waals surface area contributed by atoms with Crippen LogP contribution in [0.4, 0.5) is 0 Å². The monoisotopic (exact) mass is 154 g/mol. The molecule has 0 heteroatoms. The molecule has 66 valence electrons. The molecule has 0 aromatic rings. The Balaban J connectivity index is 4.00. The van der Waals surface area contributed by atoms with Gasteiger partial charge in [-0.15, -0.1) is 0 Å². The van der Waals surface area contributed by atoms with Gasteiger partial charge in [-0.25, -0.2) is 0 Å². The molecule has 0 radical (unpaired) electrons. The summed E-state index contributed by atoms with van der Waals surface area (Å²) in [4.78, 5) is 0. The molecule has 0 aliphatic carbocycles. The van der Waals surface area contributed by atoms with Crippen molar-refractivity contribution in [2.75, 3.05) is 0 Å². The third-order valence-electron chi connectivity index (χ3n) is 2.74. The summed E-state index contributed by atoms with van der Waals surface area (Å²) in [5.74, 6) is 1.60. The fourth-order valence-electron chi connectivity index (χ4n) is 1.31. The molecule has 0 saturated carbocycles. The van der Waals surface area contributed by atoms with Crippen LogP contribution in [0.1, 0.15) is 47.5 Å². The van der Waals surface area contributed by atoms with Crippen LogP contribution in [-0.2, 0) is 0 Å². The summed E-state index contributed by atoms with van der Waals surface area (Å²) in [6.07, 6.45) is 4.81. The molecule has 0 aliphatic rings. The van der Waals surface area contributed by atoms with Gasteiger partial charge < -0.3 is 0 Å². The van der Waals surface area contributed by atoms with Gasteiger partial charge in [0.25, 0.3) is 0 Å². The maximum atomic E-state index is 2.34. The smallest absolute Gasteiger partial charge is 0.0209 e. The van der Waals surface area contributed by atoms with Crippen LogP contribution in [0.3, 0.4) is 0 Å². The zero-order chi connectivity index (χ0) is 8.85. The van der Waals surface area contributed by atoms with E-state index in [0.29, 0.717) is 0 Å². The van der Waals surface area contributed by atoms with Crippen molar-refractivity contribution in [1.29, 1.82) is 0 Å². The predicted octanol–water partition coefficient (Wildman–Crippen LogP) is 4.02. The predicted molar refractivity (Wildman–Crippen MR) is 52.7 cm³/mol. The Kier molecular flexibility index (Phi) is 5.27. The summed E-state index contributed by atoms with van der Waals surface area (Å²) in [7, 11) is 0. The van der Waals surface area contributed by atoms with E-state index in [9.17, 15) is 0 Å². The van der Waals surface area contributed by atoms with Crippen molar-refractivity contribution in [3.05, 3.63) is 11.6 Å². The lowest BCUT2D eigenvalue weighted by atomic mass is 9.87. The second-order valence-electron chi connectivity index (χ2n) is 3.53. The van der Waals surface area contributed by atoms with E-state index < -0.39 is 0 Å². The summed E-state index contributed by atoms with van der Waals surface area (Å²) in [5.41, 5.74) is 1.56. The second kappa shape index (κ2) is 5.40. The minimum atomic E-state index is 0.764. The summed E-state index contributed by atoms with van der Waals surface area (Å²) >= 11 is 0. The standard InChI is InChI=1S/C11H22/c1-6-8-10(4)11(5)9(3)7-2/h8-9,11H,6-7H2,1-5H3/b10-8+. The van der Waals surface area contributed by atoms with Crippen LogP contribution in [0.2, 0.25) is 0 Å². The molecule has 0 spiro atoms. The van der Waals surface area contributed by atoms with Gasteiger partial charge in [0.05, 0.1) is 0 Å². The van der Waals surface area contributed by atoms with Gasteiger partial charge in [-0.3, -0.25) is 0 Å². The molecule has 0 aromatic heterocycles. The van der Waals surface area contributed by atoms with E-state index in [1.807, 2.05) is 0 Å². The lowest BCUT2D eigenvalue weighted by molar-refractivity contribution is 0.426. The van der Waals surface area contributed by atoms with Gasteiger partial charge in [0, 0.05) is 0 Å². The zero-order valence-electron chi connectivity index (χ0n) is 8.65. The maximum absolute atomic E-state index is 2.34. The Morgan fingerprint density at radius 2 is 1.82 bits per heavy atom. The SMILES string of the molecule is CC/C=C(\C)C(C)C(C)CC. The first-order valence-electron chi connectivity index (χ1n) is 4.80. The summed E-state index contributed by atoms with van der Waals surface area (Å²) in [5, 5.41) is 0.